The number of halogens is 1. The third-order valence-electron chi connectivity index (χ3n) is 3.93. The van der Waals surface area contributed by atoms with Gasteiger partial charge in [-0.25, -0.2) is 0 Å². The van der Waals surface area contributed by atoms with Crippen LogP contribution in [0.3, 0.4) is 0 Å². The molecule has 1 saturated carbocycles. The molecule has 0 saturated heterocycles. The molecule has 98 valence electrons. The number of hydrogen-bond acceptors (Lipinski definition) is 4. The largest absolute Gasteiger partial charge is 0.486 e. The lowest BCUT2D eigenvalue weighted by Gasteiger charge is -2.21. The molecule has 1 heterocycles. The molecule has 3 rings (SSSR count). The molecule has 1 aromatic carbocycles. The lowest BCUT2D eigenvalue weighted by atomic mass is 9.99. The van der Waals surface area contributed by atoms with E-state index in [0.717, 1.165) is 28.0 Å². The summed E-state index contributed by atoms with van der Waals surface area (Å²) in [5.74, 6) is 1.87. The van der Waals surface area contributed by atoms with E-state index in [-0.39, 0.29) is 12.0 Å². The zero-order chi connectivity index (χ0) is 12.8. The van der Waals surface area contributed by atoms with E-state index in [9.17, 15) is 5.11 Å². The van der Waals surface area contributed by atoms with Gasteiger partial charge in [0.1, 0.15) is 13.2 Å². The highest BCUT2D eigenvalue weighted by atomic mass is 79.9. The minimum atomic E-state index is -0.136. The van der Waals surface area contributed by atoms with Gasteiger partial charge >= 0.3 is 0 Å². The Balaban J connectivity index is 1.93. The number of benzene rings is 1. The Morgan fingerprint density at radius 1 is 1.39 bits per heavy atom. The van der Waals surface area contributed by atoms with E-state index in [0.29, 0.717) is 25.7 Å². The quantitative estimate of drug-likeness (QED) is 0.890. The standard InChI is InChI=1S/C13H16BrNO3/c14-10-3-8(9-5-13(9,6-15)7-16)4-11-12(10)18-2-1-17-11/h3-4,9,16H,1-2,5-7,15H2. The Hall–Kier alpha value is -0.780. The van der Waals surface area contributed by atoms with E-state index in [4.69, 9.17) is 15.2 Å². The highest BCUT2D eigenvalue weighted by molar-refractivity contribution is 9.10. The third-order valence-corrected chi connectivity index (χ3v) is 4.52. The molecule has 1 aliphatic heterocycles. The minimum absolute atomic E-state index is 0.136. The Bertz CT molecular complexity index is 474. The van der Waals surface area contributed by atoms with Crippen LogP contribution in [0.2, 0.25) is 0 Å². The number of hydrogen-bond donors (Lipinski definition) is 2. The van der Waals surface area contributed by atoms with Crippen LogP contribution in [0.5, 0.6) is 11.5 Å². The fourth-order valence-corrected chi connectivity index (χ4v) is 3.19. The van der Waals surface area contributed by atoms with Crippen molar-refractivity contribution in [1.29, 1.82) is 0 Å². The Morgan fingerprint density at radius 3 is 2.83 bits per heavy atom. The Morgan fingerprint density at radius 2 is 2.17 bits per heavy atom. The number of rotatable bonds is 3. The van der Waals surface area contributed by atoms with Gasteiger partial charge < -0.3 is 20.3 Å². The topological polar surface area (TPSA) is 64.7 Å². The summed E-state index contributed by atoms with van der Waals surface area (Å²) in [5.41, 5.74) is 6.78. The van der Waals surface area contributed by atoms with Crippen molar-refractivity contribution < 1.29 is 14.6 Å². The van der Waals surface area contributed by atoms with Gasteiger partial charge in [0.15, 0.2) is 11.5 Å². The summed E-state index contributed by atoms with van der Waals surface area (Å²) < 4.78 is 12.1. The molecular weight excluding hydrogens is 298 g/mol. The van der Waals surface area contributed by atoms with Crippen molar-refractivity contribution in [3.63, 3.8) is 0 Å². The molecule has 0 amide bonds. The summed E-state index contributed by atoms with van der Waals surface area (Å²) >= 11 is 3.51. The molecule has 1 aromatic rings. The van der Waals surface area contributed by atoms with E-state index < -0.39 is 0 Å². The van der Waals surface area contributed by atoms with E-state index in [1.807, 2.05) is 12.1 Å². The predicted octanol–water partition coefficient (Wildman–Crippen LogP) is 1.64. The Labute approximate surface area is 114 Å². The first-order chi connectivity index (χ1) is 8.70. The van der Waals surface area contributed by atoms with Crippen molar-refractivity contribution >= 4 is 15.9 Å². The number of nitrogens with two attached hydrogens (primary N) is 1. The van der Waals surface area contributed by atoms with Crippen molar-refractivity contribution in [2.75, 3.05) is 26.4 Å². The third kappa shape index (κ3) is 1.81. The zero-order valence-corrected chi connectivity index (χ0v) is 11.6. The van der Waals surface area contributed by atoms with Crippen LogP contribution in [-0.2, 0) is 0 Å². The normalized spacial score (nSPS) is 29.2. The van der Waals surface area contributed by atoms with E-state index in [1.165, 1.54) is 0 Å². The average molecular weight is 314 g/mol. The van der Waals surface area contributed by atoms with Gasteiger partial charge in [0.25, 0.3) is 0 Å². The Kier molecular flexibility index (Phi) is 3.00. The van der Waals surface area contributed by atoms with Crippen molar-refractivity contribution in [3.05, 3.63) is 22.2 Å². The summed E-state index contributed by atoms with van der Waals surface area (Å²) in [6.45, 7) is 1.81. The van der Waals surface area contributed by atoms with Crippen molar-refractivity contribution in [2.45, 2.75) is 12.3 Å². The summed E-state index contributed by atoms with van der Waals surface area (Å²) in [6, 6.07) is 4.06. The fraction of sp³-hybridized carbons (Fsp3) is 0.538. The first-order valence-corrected chi connectivity index (χ1v) is 6.89. The first-order valence-electron chi connectivity index (χ1n) is 6.10. The minimum Gasteiger partial charge on any atom is -0.486 e. The van der Waals surface area contributed by atoms with Crippen molar-refractivity contribution in [3.8, 4) is 11.5 Å². The van der Waals surface area contributed by atoms with Crippen LogP contribution in [-0.4, -0.2) is 31.5 Å². The summed E-state index contributed by atoms with van der Waals surface area (Å²) in [6.07, 6.45) is 0.937. The maximum Gasteiger partial charge on any atom is 0.175 e. The first kappa shape index (κ1) is 12.3. The van der Waals surface area contributed by atoms with Crippen LogP contribution < -0.4 is 15.2 Å². The number of aliphatic hydroxyl groups is 1. The van der Waals surface area contributed by atoms with Crippen LogP contribution in [0.15, 0.2) is 16.6 Å². The maximum atomic E-state index is 9.45. The summed E-state index contributed by atoms with van der Waals surface area (Å²) in [7, 11) is 0. The van der Waals surface area contributed by atoms with Gasteiger partial charge in [0.05, 0.1) is 11.1 Å². The molecule has 2 atom stereocenters. The van der Waals surface area contributed by atoms with Crippen LogP contribution in [0, 0.1) is 5.41 Å². The van der Waals surface area contributed by atoms with E-state index in [1.54, 1.807) is 0 Å². The molecular formula is C13H16BrNO3. The van der Waals surface area contributed by atoms with Crippen LogP contribution in [0.25, 0.3) is 0 Å². The molecule has 0 aromatic heterocycles. The highest BCUT2D eigenvalue weighted by Gasteiger charge is 2.53. The molecule has 0 spiro atoms. The monoisotopic (exact) mass is 313 g/mol. The molecule has 1 fully saturated rings. The van der Waals surface area contributed by atoms with Gasteiger partial charge in [-0.2, -0.15) is 0 Å². The highest BCUT2D eigenvalue weighted by Crippen LogP contribution is 2.59. The zero-order valence-electron chi connectivity index (χ0n) is 9.99. The second-order valence-electron chi connectivity index (χ2n) is 5.01. The molecule has 1 aliphatic carbocycles. The molecule has 5 heteroatoms. The smallest absolute Gasteiger partial charge is 0.175 e. The lowest BCUT2D eigenvalue weighted by molar-refractivity contribution is 0.170. The average Bonchev–Trinajstić information content (AvgIpc) is 3.14. The van der Waals surface area contributed by atoms with Crippen LogP contribution >= 0.6 is 15.9 Å². The molecule has 2 aliphatic rings. The SMILES string of the molecule is NCC1(CO)CC1c1cc(Br)c2c(c1)OCCO2. The molecule has 0 bridgehead atoms. The van der Waals surface area contributed by atoms with E-state index >= 15 is 0 Å². The summed E-state index contributed by atoms with van der Waals surface area (Å²) in [5, 5.41) is 9.45. The number of aliphatic hydroxyl groups excluding tert-OH is 1. The van der Waals surface area contributed by atoms with Crippen LogP contribution in [0.1, 0.15) is 17.9 Å². The van der Waals surface area contributed by atoms with Gasteiger partial charge in [0, 0.05) is 12.0 Å². The number of fused-ring (bicyclic) bond motifs is 1. The maximum absolute atomic E-state index is 9.45. The second kappa shape index (κ2) is 4.40. The number of ether oxygens (including phenoxy) is 2. The molecule has 0 radical (unpaired) electrons. The van der Waals surface area contributed by atoms with Gasteiger partial charge in [-0.1, -0.05) is 0 Å². The predicted molar refractivity (Wildman–Crippen MR) is 71.1 cm³/mol. The van der Waals surface area contributed by atoms with Gasteiger partial charge in [-0.15, -0.1) is 0 Å². The fourth-order valence-electron chi connectivity index (χ4n) is 2.62. The molecule has 4 nitrogen and oxygen atoms in total. The van der Waals surface area contributed by atoms with Gasteiger partial charge in [0.2, 0.25) is 0 Å². The van der Waals surface area contributed by atoms with Crippen molar-refractivity contribution in [1.82, 2.24) is 0 Å². The lowest BCUT2D eigenvalue weighted by Crippen LogP contribution is -2.21. The molecule has 2 unspecified atom stereocenters. The second-order valence-corrected chi connectivity index (χ2v) is 5.86. The van der Waals surface area contributed by atoms with Crippen molar-refractivity contribution in [2.24, 2.45) is 11.1 Å². The summed E-state index contributed by atoms with van der Waals surface area (Å²) in [4.78, 5) is 0. The molecule has 18 heavy (non-hydrogen) atoms. The molecule has 3 N–H and O–H groups in total. The van der Waals surface area contributed by atoms with E-state index in [2.05, 4.69) is 15.9 Å². The van der Waals surface area contributed by atoms with Crippen LogP contribution in [0.4, 0.5) is 0 Å². The van der Waals surface area contributed by atoms with Gasteiger partial charge in [-0.3, -0.25) is 0 Å². The van der Waals surface area contributed by atoms with Gasteiger partial charge in [-0.05, 0) is 46.0 Å².